The molecule has 1 atom stereocenters. The van der Waals surface area contributed by atoms with Gasteiger partial charge in [-0.2, -0.15) is 0 Å². The van der Waals surface area contributed by atoms with E-state index in [0.717, 1.165) is 24.1 Å². The molecule has 1 heterocycles. The number of halogens is 1. The van der Waals surface area contributed by atoms with E-state index in [4.69, 9.17) is 11.6 Å². The molecule has 0 aliphatic carbocycles. The van der Waals surface area contributed by atoms with Gasteiger partial charge in [-0.15, -0.1) is 11.6 Å². The van der Waals surface area contributed by atoms with Crippen molar-refractivity contribution in [2.45, 2.75) is 33.6 Å². The number of alkyl halides is 1. The second-order valence-electron chi connectivity index (χ2n) is 5.91. The second-order valence-corrected chi connectivity index (χ2v) is 6.29. The van der Waals surface area contributed by atoms with Gasteiger partial charge in [0, 0.05) is 38.6 Å². The van der Waals surface area contributed by atoms with Crippen molar-refractivity contribution >= 4 is 11.6 Å². The first-order valence-corrected chi connectivity index (χ1v) is 7.66. The van der Waals surface area contributed by atoms with Gasteiger partial charge >= 0.3 is 0 Å². The molecule has 1 unspecified atom stereocenters. The standard InChI is InChI=1S/C14H29ClN2/c1-13(2)12-17-10-8-16(9-11-17)7-5-14(3)4-6-15/h13-14H,4-12H2,1-3H3. The zero-order valence-corrected chi connectivity index (χ0v) is 12.5. The monoisotopic (exact) mass is 260 g/mol. The predicted octanol–water partition coefficient (Wildman–Crippen LogP) is 2.92. The molecule has 3 heteroatoms. The van der Waals surface area contributed by atoms with Crippen molar-refractivity contribution in [3.8, 4) is 0 Å². The molecule has 1 saturated heterocycles. The summed E-state index contributed by atoms with van der Waals surface area (Å²) in [7, 11) is 0. The molecule has 17 heavy (non-hydrogen) atoms. The van der Waals surface area contributed by atoms with Gasteiger partial charge in [0.25, 0.3) is 0 Å². The van der Waals surface area contributed by atoms with Crippen LogP contribution in [-0.4, -0.2) is 54.9 Å². The highest BCUT2D eigenvalue weighted by molar-refractivity contribution is 6.17. The summed E-state index contributed by atoms with van der Waals surface area (Å²) in [6, 6.07) is 0. The summed E-state index contributed by atoms with van der Waals surface area (Å²) in [5.74, 6) is 2.38. The summed E-state index contributed by atoms with van der Waals surface area (Å²) >= 11 is 5.77. The molecule has 0 bridgehead atoms. The van der Waals surface area contributed by atoms with Gasteiger partial charge in [-0.05, 0) is 31.2 Å². The Morgan fingerprint density at radius 2 is 1.53 bits per heavy atom. The molecule has 102 valence electrons. The molecular weight excluding hydrogens is 232 g/mol. The maximum Gasteiger partial charge on any atom is 0.0225 e. The van der Waals surface area contributed by atoms with Gasteiger partial charge in [0.1, 0.15) is 0 Å². The lowest BCUT2D eigenvalue weighted by atomic mass is 10.0. The summed E-state index contributed by atoms with van der Waals surface area (Å²) in [4.78, 5) is 5.21. The average molecular weight is 261 g/mol. The van der Waals surface area contributed by atoms with E-state index in [1.165, 1.54) is 45.7 Å². The maximum absolute atomic E-state index is 5.77. The summed E-state index contributed by atoms with van der Waals surface area (Å²) in [5.41, 5.74) is 0. The van der Waals surface area contributed by atoms with Crippen molar-refractivity contribution in [3.05, 3.63) is 0 Å². The summed E-state index contributed by atoms with van der Waals surface area (Å²) in [6.07, 6.45) is 2.46. The maximum atomic E-state index is 5.77. The average Bonchev–Trinajstić information content (AvgIpc) is 2.28. The molecule has 1 aliphatic rings. The van der Waals surface area contributed by atoms with E-state index in [0.29, 0.717) is 0 Å². The fourth-order valence-electron chi connectivity index (χ4n) is 2.45. The minimum atomic E-state index is 0.779. The Labute approximate surface area is 112 Å². The summed E-state index contributed by atoms with van der Waals surface area (Å²) < 4.78 is 0. The molecular formula is C14H29ClN2. The highest BCUT2D eigenvalue weighted by Gasteiger charge is 2.17. The van der Waals surface area contributed by atoms with Crippen LogP contribution in [0.1, 0.15) is 33.6 Å². The minimum Gasteiger partial charge on any atom is -0.301 e. The Hall–Kier alpha value is 0.210. The van der Waals surface area contributed by atoms with E-state index < -0.39 is 0 Å². The number of nitrogens with zero attached hydrogens (tertiary/aromatic N) is 2. The minimum absolute atomic E-state index is 0.779. The van der Waals surface area contributed by atoms with Crippen LogP contribution in [0.25, 0.3) is 0 Å². The largest absolute Gasteiger partial charge is 0.301 e. The Bertz CT molecular complexity index is 189. The predicted molar refractivity (Wildman–Crippen MR) is 76.8 cm³/mol. The van der Waals surface area contributed by atoms with Crippen LogP contribution < -0.4 is 0 Å². The molecule has 1 rings (SSSR count). The molecule has 0 saturated carbocycles. The third-order valence-corrected chi connectivity index (χ3v) is 3.85. The molecule has 2 nitrogen and oxygen atoms in total. The Kier molecular flexibility index (Phi) is 7.49. The van der Waals surface area contributed by atoms with E-state index in [1.54, 1.807) is 0 Å². The summed E-state index contributed by atoms with van der Waals surface area (Å²) in [6.45, 7) is 14.5. The van der Waals surface area contributed by atoms with Gasteiger partial charge in [-0.3, -0.25) is 0 Å². The van der Waals surface area contributed by atoms with Crippen molar-refractivity contribution < 1.29 is 0 Å². The fraction of sp³-hybridized carbons (Fsp3) is 1.00. The molecule has 1 fully saturated rings. The van der Waals surface area contributed by atoms with Crippen LogP contribution in [0.2, 0.25) is 0 Å². The normalized spacial score (nSPS) is 21.0. The van der Waals surface area contributed by atoms with Gasteiger partial charge in [-0.1, -0.05) is 20.8 Å². The zero-order valence-electron chi connectivity index (χ0n) is 11.8. The van der Waals surface area contributed by atoms with Gasteiger partial charge in [0.2, 0.25) is 0 Å². The van der Waals surface area contributed by atoms with E-state index in [-0.39, 0.29) is 0 Å². The highest BCUT2D eigenvalue weighted by Crippen LogP contribution is 2.11. The SMILES string of the molecule is CC(C)CN1CCN(CCC(C)CCCl)CC1. The first-order valence-electron chi connectivity index (χ1n) is 7.12. The molecule has 0 amide bonds. The molecule has 0 aromatic carbocycles. The van der Waals surface area contributed by atoms with Crippen LogP contribution in [0.3, 0.4) is 0 Å². The first-order chi connectivity index (χ1) is 8.11. The first kappa shape index (κ1) is 15.3. The highest BCUT2D eigenvalue weighted by atomic mass is 35.5. The van der Waals surface area contributed by atoms with E-state index in [9.17, 15) is 0 Å². The van der Waals surface area contributed by atoms with Crippen molar-refractivity contribution in [3.63, 3.8) is 0 Å². The quantitative estimate of drug-likeness (QED) is 0.650. The van der Waals surface area contributed by atoms with Crippen LogP contribution in [-0.2, 0) is 0 Å². The molecule has 0 aromatic heterocycles. The Morgan fingerprint density at radius 1 is 0.941 bits per heavy atom. The smallest absolute Gasteiger partial charge is 0.0225 e. The molecule has 0 aromatic rings. The third-order valence-electron chi connectivity index (χ3n) is 3.63. The van der Waals surface area contributed by atoms with Crippen molar-refractivity contribution in [1.29, 1.82) is 0 Å². The molecule has 0 N–H and O–H groups in total. The second kappa shape index (κ2) is 8.34. The molecule has 0 radical (unpaired) electrons. The zero-order chi connectivity index (χ0) is 12.7. The van der Waals surface area contributed by atoms with Crippen molar-refractivity contribution in [2.24, 2.45) is 11.8 Å². The lowest BCUT2D eigenvalue weighted by Crippen LogP contribution is -2.47. The van der Waals surface area contributed by atoms with Crippen molar-refractivity contribution in [2.75, 3.05) is 45.1 Å². The van der Waals surface area contributed by atoms with Gasteiger partial charge in [-0.25, -0.2) is 0 Å². The van der Waals surface area contributed by atoms with Crippen LogP contribution in [0, 0.1) is 11.8 Å². The van der Waals surface area contributed by atoms with Gasteiger partial charge < -0.3 is 9.80 Å². The molecule has 0 spiro atoms. The van der Waals surface area contributed by atoms with E-state index in [1.807, 2.05) is 0 Å². The Balaban J connectivity index is 2.10. The van der Waals surface area contributed by atoms with E-state index >= 15 is 0 Å². The number of rotatable bonds is 7. The number of hydrogen-bond acceptors (Lipinski definition) is 2. The third kappa shape index (κ3) is 6.64. The van der Waals surface area contributed by atoms with Crippen LogP contribution >= 0.6 is 11.6 Å². The van der Waals surface area contributed by atoms with Crippen LogP contribution in [0.5, 0.6) is 0 Å². The van der Waals surface area contributed by atoms with Gasteiger partial charge in [0.15, 0.2) is 0 Å². The molecule has 1 aliphatic heterocycles. The van der Waals surface area contributed by atoms with Crippen LogP contribution in [0.4, 0.5) is 0 Å². The topological polar surface area (TPSA) is 6.48 Å². The fourth-order valence-corrected chi connectivity index (χ4v) is 2.82. The summed E-state index contributed by atoms with van der Waals surface area (Å²) in [5, 5.41) is 0. The number of hydrogen-bond donors (Lipinski definition) is 0. The Morgan fingerprint density at radius 3 is 2.06 bits per heavy atom. The number of piperazine rings is 1. The van der Waals surface area contributed by atoms with E-state index in [2.05, 4.69) is 30.6 Å². The lowest BCUT2D eigenvalue weighted by molar-refractivity contribution is 0.118. The lowest BCUT2D eigenvalue weighted by Gasteiger charge is -2.35. The van der Waals surface area contributed by atoms with Gasteiger partial charge in [0.05, 0.1) is 0 Å². The van der Waals surface area contributed by atoms with Crippen LogP contribution in [0.15, 0.2) is 0 Å². The van der Waals surface area contributed by atoms with Crippen molar-refractivity contribution in [1.82, 2.24) is 9.80 Å².